The average Bonchev–Trinajstić information content (AvgIpc) is 3.13. The van der Waals surface area contributed by atoms with Gasteiger partial charge in [-0.1, -0.05) is 46.9 Å². The standard InChI is InChI=1S/C21H13Cl3N2O3/c22-12-5-8-18(16(24)9-12)28-11-20(27)25-13-6-7-15(23)14(10-13)21-26-17-3-1-2-4-19(17)29-21/h1-10H,11H2,(H,25,27). The zero-order valence-electron chi connectivity index (χ0n) is 14.8. The molecule has 1 N–H and O–H groups in total. The van der Waals surface area contributed by atoms with Gasteiger partial charge in [-0.15, -0.1) is 0 Å². The Hall–Kier alpha value is -2.73. The molecule has 0 unspecified atom stereocenters. The van der Waals surface area contributed by atoms with Gasteiger partial charge in [0.25, 0.3) is 5.91 Å². The van der Waals surface area contributed by atoms with E-state index in [-0.39, 0.29) is 12.5 Å². The minimum Gasteiger partial charge on any atom is -0.482 e. The van der Waals surface area contributed by atoms with Gasteiger partial charge >= 0.3 is 0 Å². The van der Waals surface area contributed by atoms with Crippen LogP contribution in [0, 0.1) is 0 Å². The average molecular weight is 448 g/mol. The Morgan fingerprint density at radius 1 is 1.00 bits per heavy atom. The van der Waals surface area contributed by atoms with Gasteiger partial charge in [0.1, 0.15) is 11.3 Å². The number of oxazole rings is 1. The number of benzene rings is 3. The smallest absolute Gasteiger partial charge is 0.262 e. The van der Waals surface area contributed by atoms with Crippen LogP contribution in [0.25, 0.3) is 22.6 Å². The van der Waals surface area contributed by atoms with E-state index in [1.54, 1.807) is 36.4 Å². The summed E-state index contributed by atoms with van der Waals surface area (Å²) in [6.45, 7) is -0.220. The van der Waals surface area contributed by atoms with E-state index in [0.29, 0.717) is 43.5 Å². The van der Waals surface area contributed by atoms with Gasteiger partial charge in [-0.2, -0.15) is 0 Å². The van der Waals surface area contributed by atoms with Gasteiger partial charge in [0.15, 0.2) is 12.2 Å². The molecule has 0 aliphatic heterocycles. The summed E-state index contributed by atoms with van der Waals surface area (Å²) in [4.78, 5) is 16.7. The second-order valence-corrected chi connectivity index (χ2v) is 7.34. The van der Waals surface area contributed by atoms with Crippen molar-refractivity contribution in [3.05, 3.63) is 75.7 Å². The third kappa shape index (κ3) is 4.48. The van der Waals surface area contributed by atoms with Crippen LogP contribution >= 0.6 is 34.8 Å². The Morgan fingerprint density at radius 2 is 1.83 bits per heavy atom. The Kier molecular flexibility index (Phi) is 5.62. The molecule has 0 aliphatic carbocycles. The number of rotatable bonds is 5. The van der Waals surface area contributed by atoms with Crippen molar-refractivity contribution in [2.24, 2.45) is 0 Å². The Morgan fingerprint density at radius 3 is 2.62 bits per heavy atom. The Labute approximate surface area is 181 Å². The molecule has 3 aromatic carbocycles. The number of hydrogen-bond acceptors (Lipinski definition) is 4. The van der Waals surface area contributed by atoms with E-state index < -0.39 is 0 Å². The minimum absolute atomic E-state index is 0.220. The molecule has 0 saturated carbocycles. The van der Waals surface area contributed by atoms with E-state index in [4.69, 9.17) is 44.0 Å². The number of ether oxygens (including phenoxy) is 1. The molecule has 0 aliphatic rings. The molecule has 0 atom stereocenters. The summed E-state index contributed by atoms with van der Waals surface area (Å²) in [5, 5.41) is 4.02. The molecule has 5 nitrogen and oxygen atoms in total. The maximum atomic E-state index is 12.3. The third-order valence-electron chi connectivity index (χ3n) is 4.03. The quantitative estimate of drug-likeness (QED) is 0.381. The van der Waals surface area contributed by atoms with Crippen molar-refractivity contribution < 1.29 is 13.9 Å². The minimum atomic E-state index is -0.359. The van der Waals surface area contributed by atoms with Crippen molar-refractivity contribution in [1.82, 2.24) is 4.98 Å². The lowest BCUT2D eigenvalue weighted by Gasteiger charge is -2.10. The molecule has 1 aromatic heterocycles. The van der Waals surface area contributed by atoms with Crippen molar-refractivity contribution >= 4 is 57.5 Å². The number of nitrogens with zero attached hydrogens (tertiary/aromatic N) is 1. The van der Waals surface area contributed by atoms with Crippen LogP contribution in [0.5, 0.6) is 5.75 Å². The number of fused-ring (bicyclic) bond motifs is 1. The molecule has 1 heterocycles. The SMILES string of the molecule is O=C(COc1ccc(Cl)cc1Cl)Nc1ccc(Cl)c(-c2nc3ccccc3o2)c1. The van der Waals surface area contributed by atoms with Crippen LogP contribution in [0.4, 0.5) is 5.69 Å². The topological polar surface area (TPSA) is 64.4 Å². The lowest BCUT2D eigenvalue weighted by molar-refractivity contribution is -0.118. The molecule has 0 radical (unpaired) electrons. The fourth-order valence-electron chi connectivity index (χ4n) is 2.69. The van der Waals surface area contributed by atoms with Gasteiger partial charge in [-0.05, 0) is 48.5 Å². The lowest BCUT2D eigenvalue weighted by Crippen LogP contribution is -2.20. The van der Waals surface area contributed by atoms with Crippen LogP contribution in [-0.2, 0) is 4.79 Å². The first-order valence-electron chi connectivity index (χ1n) is 8.53. The van der Waals surface area contributed by atoms with Crippen molar-refractivity contribution in [3.63, 3.8) is 0 Å². The number of aromatic nitrogens is 1. The maximum absolute atomic E-state index is 12.3. The fraction of sp³-hybridized carbons (Fsp3) is 0.0476. The van der Waals surface area contributed by atoms with E-state index in [1.807, 2.05) is 24.3 Å². The number of carbonyl (C=O) groups excluding carboxylic acids is 1. The zero-order chi connectivity index (χ0) is 20.4. The zero-order valence-corrected chi connectivity index (χ0v) is 17.1. The molecular weight excluding hydrogens is 435 g/mol. The number of anilines is 1. The number of halogens is 3. The largest absolute Gasteiger partial charge is 0.482 e. The molecule has 4 aromatic rings. The molecule has 0 spiro atoms. The highest BCUT2D eigenvalue weighted by Crippen LogP contribution is 2.32. The van der Waals surface area contributed by atoms with Gasteiger partial charge in [-0.25, -0.2) is 4.98 Å². The van der Waals surface area contributed by atoms with Crippen molar-refractivity contribution in [2.75, 3.05) is 11.9 Å². The second-order valence-electron chi connectivity index (χ2n) is 6.09. The van der Waals surface area contributed by atoms with Crippen LogP contribution in [0.3, 0.4) is 0 Å². The van der Waals surface area contributed by atoms with E-state index in [2.05, 4.69) is 10.3 Å². The number of nitrogens with one attached hydrogen (secondary N) is 1. The first-order valence-corrected chi connectivity index (χ1v) is 9.66. The molecule has 8 heteroatoms. The molecule has 29 heavy (non-hydrogen) atoms. The summed E-state index contributed by atoms with van der Waals surface area (Å²) in [6, 6.07) is 17.2. The summed E-state index contributed by atoms with van der Waals surface area (Å²) >= 11 is 18.2. The lowest BCUT2D eigenvalue weighted by atomic mass is 10.2. The Bertz CT molecular complexity index is 1170. The van der Waals surface area contributed by atoms with Gasteiger partial charge in [0.2, 0.25) is 5.89 Å². The first kappa shape index (κ1) is 19.6. The van der Waals surface area contributed by atoms with Crippen LogP contribution in [0.15, 0.2) is 65.1 Å². The summed E-state index contributed by atoms with van der Waals surface area (Å²) in [6.07, 6.45) is 0. The molecule has 146 valence electrons. The number of amides is 1. The highest BCUT2D eigenvalue weighted by atomic mass is 35.5. The van der Waals surface area contributed by atoms with Gasteiger partial charge in [0.05, 0.1) is 15.6 Å². The van der Waals surface area contributed by atoms with Crippen LogP contribution in [0.2, 0.25) is 15.1 Å². The van der Waals surface area contributed by atoms with E-state index in [0.717, 1.165) is 5.52 Å². The van der Waals surface area contributed by atoms with Crippen molar-refractivity contribution in [2.45, 2.75) is 0 Å². The van der Waals surface area contributed by atoms with E-state index in [1.165, 1.54) is 0 Å². The summed E-state index contributed by atoms with van der Waals surface area (Å²) in [5.41, 5.74) is 2.48. The molecular formula is C21H13Cl3N2O3. The van der Waals surface area contributed by atoms with Crippen LogP contribution in [-0.4, -0.2) is 17.5 Å². The summed E-state index contributed by atoms with van der Waals surface area (Å²) < 4.78 is 11.2. The van der Waals surface area contributed by atoms with E-state index in [9.17, 15) is 4.79 Å². The molecule has 4 rings (SSSR count). The predicted octanol–water partition coefficient (Wildman–Crippen LogP) is 6.47. The van der Waals surface area contributed by atoms with Gasteiger partial charge in [-0.3, -0.25) is 4.79 Å². The number of hydrogen-bond donors (Lipinski definition) is 1. The van der Waals surface area contributed by atoms with E-state index >= 15 is 0 Å². The second kappa shape index (κ2) is 8.33. The van der Waals surface area contributed by atoms with Crippen molar-refractivity contribution in [3.8, 4) is 17.2 Å². The highest BCUT2D eigenvalue weighted by molar-refractivity contribution is 6.35. The van der Waals surface area contributed by atoms with Crippen molar-refractivity contribution in [1.29, 1.82) is 0 Å². The number of carbonyl (C=O) groups is 1. The van der Waals surface area contributed by atoms with Gasteiger partial charge < -0.3 is 14.5 Å². The highest BCUT2D eigenvalue weighted by Gasteiger charge is 2.14. The van der Waals surface area contributed by atoms with Crippen LogP contribution < -0.4 is 10.1 Å². The van der Waals surface area contributed by atoms with Crippen LogP contribution in [0.1, 0.15) is 0 Å². The first-order chi connectivity index (χ1) is 14.0. The molecule has 0 bridgehead atoms. The molecule has 1 amide bonds. The Balaban J connectivity index is 1.49. The normalized spacial score (nSPS) is 10.9. The predicted molar refractivity (Wildman–Crippen MR) is 115 cm³/mol. The number of para-hydroxylation sites is 2. The summed E-state index contributed by atoms with van der Waals surface area (Å²) in [7, 11) is 0. The maximum Gasteiger partial charge on any atom is 0.262 e. The third-order valence-corrected chi connectivity index (χ3v) is 4.89. The molecule has 0 saturated heterocycles. The fourth-order valence-corrected chi connectivity index (χ4v) is 3.35. The monoisotopic (exact) mass is 446 g/mol. The molecule has 0 fully saturated rings. The van der Waals surface area contributed by atoms with Gasteiger partial charge in [0, 0.05) is 10.7 Å². The summed E-state index contributed by atoms with van der Waals surface area (Å²) in [5.74, 6) is 0.382.